The highest BCUT2D eigenvalue weighted by atomic mass is 35.5. The average molecular weight is 226 g/mol. The van der Waals surface area contributed by atoms with E-state index in [1.807, 2.05) is 24.3 Å². The third-order valence-electron chi connectivity index (χ3n) is 2.86. The minimum absolute atomic E-state index is 0.0624. The van der Waals surface area contributed by atoms with Gasteiger partial charge < -0.3 is 10.5 Å². The first-order valence-corrected chi connectivity index (χ1v) is 5.76. The van der Waals surface area contributed by atoms with Crippen molar-refractivity contribution in [3.63, 3.8) is 0 Å². The molecule has 0 spiro atoms. The zero-order valence-electron chi connectivity index (χ0n) is 8.66. The number of ether oxygens (including phenoxy) is 1. The molecule has 1 aliphatic heterocycles. The van der Waals surface area contributed by atoms with E-state index in [0.29, 0.717) is 0 Å². The summed E-state index contributed by atoms with van der Waals surface area (Å²) < 4.78 is 5.56. The van der Waals surface area contributed by atoms with Crippen molar-refractivity contribution in [2.75, 3.05) is 6.61 Å². The second kappa shape index (κ2) is 4.97. The number of benzene rings is 1. The minimum atomic E-state index is 0.0624. The molecule has 0 bridgehead atoms. The first kappa shape index (κ1) is 10.9. The van der Waals surface area contributed by atoms with Gasteiger partial charge in [0.05, 0.1) is 6.10 Å². The molecule has 0 saturated carbocycles. The van der Waals surface area contributed by atoms with Gasteiger partial charge in [0.15, 0.2) is 0 Å². The van der Waals surface area contributed by atoms with Gasteiger partial charge in [-0.15, -0.1) is 0 Å². The fourth-order valence-electron chi connectivity index (χ4n) is 1.99. The summed E-state index contributed by atoms with van der Waals surface area (Å²) in [6, 6.07) is 7.91. The highest BCUT2D eigenvalue weighted by molar-refractivity contribution is 6.31. The molecule has 1 heterocycles. The Morgan fingerprint density at radius 3 is 2.93 bits per heavy atom. The number of halogens is 1. The van der Waals surface area contributed by atoms with E-state index in [1.54, 1.807) is 0 Å². The number of rotatable bonds is 3. The average Bonchev–Trinajstić information content (AvgIpc) is 2.74. The number of nitrogens with two attached hydrogens (primary N) is 1. The third-order valence-corrected chi connectivity index (χ3v) is 3.22. The molecule has 1 aliphatic rings. The van der Waals surface area contributed by atoms with Gasteiger partial charge in [-0.1, -0.05) is 29.8 Å². The summed E-state index contributed by atoms with van der Waals surface area (Å²) >= 11 is 6.08. The SMILES string of the molecule is NC(Cc1ccccc1Cl)C1CCCO1. The maximum atomic E-state index is 6.10. The Bertz CT molecular complexity index is 323. The molecule has 82 valence electrons. The summed E-state index contributed by atoms with van der Waals surface area (Å²) in [4.78, 5) is 0. The van der Waals surface area contributed by atoms with E-state index in [0.717, 1.165) is 36.5 Å². The second-order valence-electron chi connectivity index (χ2n) is 4.01. The molecule has 2 atom stereocenters. The smallest absolute Gasteiger partial charge is 0.0730 e. The van der Waals surface area contributed by atoms with Crippen LogP contribution in [-0.4, -0.2) is 18.8 Å². The van der Waals surface area contributed by atoms with Crippen molar-refractivity contribution in [3.8, 4) is 0 Å². The Balaban J connectivity index is 1.99. The van der Waals surface area contributed by atoms with Gasteiger partial charge in [0.2, 0.25) is 0 Å². The largest absolute Gasteiger partial charge is 0.377 e. The lowest BCUT2D eigenvalue weighted by Gasteiger charge is -2.18. The summed E-state index contributed by atoms with van der Waals surface area (Å²) in [6.07, 6.45) is 3.21. The van der Waals surface area contributed by atoms with E-state index in [-0.39, 0.29) is 12.1 Å². The summed E-state index contributed by atoms with van der Waals surface area (Å²) in [5.74, 6) is 0. The normalized spacial score (nSPS) is 22.9. The van der Waals surface area contributed by atoms with Crippen LogP contribution < -0.4 is 5.73 Å². The molecule has 0 radical (unpaired) electrons. The van der Waals surface area contributed by atoms with Gasteiger partial charge in [0, 0.05) is 17.7 Å². The van der Waals surface area contributed by atoms with E-state index < -0.39 is 0 Å². The van der Waals surface area contributed by atoms with Crippen LogP contribution in [0.5, 0.6) is 0 Å². The summed E-state index contributed by atoms with van der Waals surface area (Å²) in [7, 11) is 0. The van der Waals surface area contributed by atoms with Gasteiger partial charge in [-0.05, 0) is 30.9 Å². The minimum Gasteiger partial charge on any atom is -0.377 e. The molecule has 15 heavy (non-hydrogen) atoms. The molecule has 3 heteroatoms. The topological polar surface area (TPSA) is 35.2 Å². The highest BCUT2D eigenvalue weighted by Gasteiger charge is 2.23. The quantitative estimate of drug-likeness (QED) is 0.858. The monoisotopic (exact) mass is 225 g/mol. The fourth-order valence-corrected chi connectivity index (χ4v) is 2.20. The molecular formula is C12H16ClNO. The van der Waals surface area contributed by atoms with E-state index >= 15 is 0 Å². The Kier molecular flexibility index (Phi) is 3.62. The lowest BCUT2D eigenvalue weighted by atomic mass is 10.0. The Hall–Kier alpha value is -0.570. The van der Waals surface area contributed by atoms with Crippen molar-refractivity contribution >= 4 is 11.6 Å². The maximum absolute atomic E-state index is 6.10. The van der Waals surface area contributed by atoms with Gasteiger partial charge in [-0.3, -0.25) is 0 Å². The standard InChI is InChI=1S/C12H16ClNO/c13-10-5-2-1-4-9(10)8-11(14)12-6-3-7-15-12/h1-2,4-5,11-12H,3,6-8,14H2. The third kappa shape index (κ3) is 2.71. The highest BCUT2D eigenvalue weighted by Crippen LogP contribution is 2.21. The molecule has 0 aromatic heterocycles. The van der Waals surface area contributed by atoms with E-state index in [9.17, 15) is 0 Å². The van der Waals surface area contributed by atoms with Crippen LogP contribution in [0.3, 0.4) is 0 Å². The first-order valence-electron chi connectivity index (χ1n) is 5.38. The Labute approximate surface area is 95.4 Å². The van der Waals surface area contributed by atoms with Crippen LogP contribution in [-0.2, 0) is 11.2 Å². The zero-order valence-corrected chi connectivity index (χ0v) is 9.41. The molecule has 0 amide bonds. The summed E-state index contributed by atoms with van der Waals surface area (Å²) in [6.45, 7) is 0.848. The van der Waals surface area contributed by atoms with Crippen LogP contribution >= 0.6 is 11.6 Å². The van der Waals surface area contributed by atoms with Gasteiger partial charge >= 0.3 is 0 Å². The summed E-state index contributed by atoms with van der Waals surface area (Å²) in [5, 5.41) is 0.797. The summed E-state index contributed by atoms with van der Waals surface area (Å²) in [5.41, 5.74) is 7.21. The molecule has 1 aromatic rings. The van der Waals surface area contributed by atoms with Crippen molar-refractivity contribution in [3.05, 3.63) is 34.9 Å². The van der Waals surface area contributed by atoms with Crippen molar-refractivity contribution in [2.24, 2.45) is 5.73 Å². The van der Waals surface area contributed by atoms with Gasteiger partial charge in [0.1, 0.15) is 0 Å². The zero-order chi connectivity index (χ0) is 10.7. The van der Waals surface area contributed by atoms with Crippen molar-refractivity contribution in [1.29, 1.82) is 0 Å². The molecule has 0 aliphatic carbocycles. The number of hydrogen-bond acceptors (Lipinski definition) is 2. The predicted molar refractivity (Wildman–Crippen MR) is 62.1 cm³/mol. The number of hydrogen-bond donors (Lipinski definition) is 1. The Morgan fingerprint density at radius 2 is 2.27 bits per heavy atom. The molecule has 2 rings (SSSR count). The molecule has 2 N–H and O–H groups in total. The molecule has 1 saturated heterocycles. The first-order chi connectivity index (χ1) is 7.27. The lowest BCUT2D eigenvalue weighted by Crippen LogP contribution is -2.36. The van der Waals surface area contributed by atoms with Crippen LogP contribution in [0.4, 0.5) is 0 Å². The molecule has 1 fully saturated rings. The van der Waals surface area contributed by atoms with Crippen LogP contribution in [0, 0.1) is 0 Å². The maximum Gasteiger partial charge on any atom is 0.0730 e. The molecule has 2 nitrogen and oxygen atoms in total. The van der Waals surface area contributed by atoms with Crippen molar-refractivity contribution in [1.82, 2.24) is 0 Å². The van der Waals surface area contributed by atoms with Crippen molar-refractivity contribution < 1.29 is 4.74 Å². The van der Waals surface area contributed by atoms with Gasteiger partial charge in [-0.25, -0.2) is 0 Å². The predicted octanol–water partition coefficient (Wildman–Crippen LogP) is 2.39. The van der Waals surface area contributed by atoms with E-state index in [2.05, 4.69) is 0 Å². The van der Waals surface area contributed by atoms with E-state index in [1.165, 1.54) is 0 Å². The molecule has 2 unspecified atom stereocenters. The second-order valence-corrected chi connectivity index (χ2v) is 4.42. The van der Waals surface area contributed by atoms with Crippen LogP contribution in [0.2, 0.25) is 5.02 Å². The van der Waals surface area contributed by atoms with Crippen molar-refractivity contribution in [2.45, 2.75) is 31.4 Å². The lowest BCUT2D eigenvalue weighted by molar-refractivity contribution is 0.0900. The van der Waals surface area contributed by atoms with Crippen LogP contribution in [0.25, 0.3) is 0 Å². The molecule has 1 aromatic carbocycles. The van der Waals surface area contributed by atoms with Gasteiger partial charge in [-0.2, -0.15) is 0 Å². The van der Waals surface area contributed by atoms with Crippen LogP contribution in [0.15, 0.2) is 24.3 Å². The molecular weight excluding hydrogens is 210 g/mol. The Morgan fingerprint density at radius 1 is 1.47 bits per heavy atom. The van der Waals surface area contributed by atoms with Gasteiger partial charge in [0.25, 0.3) is 0 Å². The van der Waals surface area contributed by atoms with Crippen LogP contribution in [0.1, 0.15) is 18.4 Å². The fraction of sp³-hybridized carbons (Fsp3) is 0.500. The van der Waals surface area contributed by atoms with E-state index in [4.69, 9.17) is 22.1 Å².